The third kappa shape index (κ3) is 3.07. The van der Waals surface area contributed by atoms with Crippen LogP contribution in [0.2, 0.25) is 0 Å². The van der Waals surface area contributed by atoms with Crippen molar-refractivity contribution in [2.24, 2.45) is 0 Å². The maximum atomic E-state index is 5.35. The van der Waals surface area contributed by atoms with Crippen LogP contribution in [0.15, 0.2) is 22.7 Å². The van der Waals surface area contributed by atoms with Gasteiger partial charge in [-0.25, -0.2) is 0 Å². The first kappa shape index (κ1) is 15.2. The van der Waals surface area contributed by atoms with E-state index in [9.17, 15) is 0 Å². The van der Waals surface area contributed by atoms with Gasteiger partial charge in [-0.2, -0.15) is 0 Å². The van der Waals surface area contributed by atoms with Crippen molar-refractivity contribution in [2.45, 2.75) is 50.6 Å². The minimum absolute atomic E-state index is 0.331. The van der Waals surface area contributed by atoms with Gasteiger partial charge in [-0.15, -0.1) is 0 Å². The zero-order valence-corrected chi connectivity index (χ0v) is 14.6. The number of nitrogens with zero attached hydrogens (tertiary/aromatic N) is 1. The zero-order valence-electron chi connectivity index (χ0n) is 13.0. The van der Waals surface area contributed by atoms with Gasteiger partial charge < -0.3 is 15.0 Å². The molecule has 1 unspecified atom stereocenters. The third-order valence-electron chi connectivity index (χ3n) is 5.06. The first-order valence-electron chi connectivity index (χ1n) is 7.99. The Bertz CT molecular complexity index is 500. The first-order valence-corrected chi connectivity index (χ1v) is 8.78. The first-order chi connectivity index (χ1) is 10.1. The second kappa shape index (κ2) is 6.17. The number of nitrogens with one attached hydrogen (secondary N) is 1. The van der Waals surface area contributed by atoms with Crippen LogP contribution in [-0.4, -0.2) is 31.8 Å². The Morgan fingerprint density at radius 1 is 1.29 bits per heavy atom. The number of hydrogen-bond acceptors (Lipinski definition) is 3. The highest BCUT2D eigenvalue weighted by molar-refractivity contribution is 9.10. The van der Waals surface area contributed by atoms with Gasteiger partial charge >= 0.3 is 0 Å². The Kier molecular flexibility index (Phi) is 4.46. The molecule has 1 spiro atoms. The molecule has 21 heavy (non-hydrogen) atoms. The van der Waals surface area contributed by atoms with Crippen LogP contribution in [0.4, 0.5) is 5.69 Å². The van der Waals surface area contributed by atoms with Gasteiger partial charge in [-0.05, 0) is 53.9 Å². The van der Waals surface area contributed by atoms with Gasteiger partial charge in [-0.1, -0.05) is 19.3 Å². The molecule has 0 bridgehead atoms. The SMILES string of the molecule is COc1ccc(N2CC3(CCCCC3)NCC2C)cc1Br. The van der Waals surface area contributed by atoms with Gasteiger partial charge in [-0.3, -0.25) is 0 Å². The molecule has 1 N–H and O–H groups in total. The molecule has 1 aliphatic carbocycles. The van der Waals surface area contributed by atoms with Crippen LogP contribution in [0.25, 0.3) is 0 Å². The summed E-state index contributed by atoms with van der Waals surface area (Å²) in [5.41, 5.74) is 1.62. The molecule has 1 saturated heterocycles. The molecule has 0 radical (unpaired) electrons. The number of ether oxygens (including phenoxy) is 1. The Morgan fingerprint density at radius 2 is 2.05 bits per heavy atom. The Hall–Kier alpha value is -0.740. The minimum Gasteiger partial charge on any atom is -0.496 e. The molecule has 1 saturated carbocycles. The predicted octanol–water partition coefficient (Wildman–Crippen LogP) is 3.96. The maximum absolute atomic E-state index is 5.35. The number of anilines is 1. The fourth-order valence-corrected chi connectivity index (χ4v) is 4.28. The highest BCUT2D eigenvalue weighted by Gasteiger charge is 2.38. The van der Waals surface area contributed by atoms with Gasteiger partial charge in [0.1, 0.15) is 5.75 Å². The van der Waals surface area contributed by atoms with Gasteiger partial charge in [0, 0.05) is 30.4 Å². The Labute approximate surface area is 136 Å². The van der Waals surface area contributed by atoms with Crippen molar-refractivity contribution in [1.29, 1.82) is 0 Å². The second-order valence-electron chi connectivity index (χ2n) is 6.52. The zero-order chi connectivity index (χ0) is 14.9. The molecule has 1 atom stereocenters. The second-order valence-corrected chi connectivity index (χ2v) is 7.37. The molecule has 3 rings (SSSR count). The molecule has 2 fully saturated rings. The summed E-state index contributed by atoms with van der Waals surface area (Å²) in [6.45, 7) is 4.50. The van der Waals surface area contributed by atoms with E-state index >= 15 is 0 Å². The summed E-state index contributed by atoms with van der Waals surface area (Å²) in [6, 6.07) is 6.96. The third-order valence-corrected chi connectivity index (χ3v) is 5.67. The van der Waals surface area contributed by atoms with E-state index in [0.29, 0.717) is 11.6 Å². The van der Waals surface area contributed by atoms with E-state index in [1.165, 1.54) is 37.8 Å². The van der Waals surface area contributed by atoms with Crippen LogP contribution in [-0.2, 0) is 0 Å². The summed E-state index contributed by atoms with van der Waals surface area (Å²) in [6.07, 6.45) is 6.75. The van der Waals surface area contributed by atoms with E-state index in [0.717, 1.165) is 23.3 Å². The molecule has 1 heterocycles. The van der Waals surface area contributed by atoms with Crippen molar-refractivity contribution < 1.29 is 4.74 Å². The lowest BCUT2D eigenvalue weighted by Crippen LogP contribution is -2.64. The van der Waals surface area contributed by atoms with E-state index in [1.54, 1.807) is 7.11 Å². The lowest BCUT2D eigenvalue weighted by molar-refractivity contribution is 0.200. The lowest BCUT2D eigenvalue weighted by atomic mass is 9.79. The summed E-state index contributed by atoms with van der Waals surface area (Å²) in [4.78, 5) is 2.56. The fraction of sp³-hybridized carbons (Fsp3) is 0.647. The van der Waals surface area contributed by atoms with Gasteiger partial charge in [0.15, 0.2) is 0 Å². The van der Waals surface area contributed by atoms with E-state index in [4.69, 9.17) is 4.74 Å². The highest BCUT2D eigenvalue weighted by Crippen LogP contribution is 2.36. The van der Waals surface area contributed by atoms with Crippen molar-refractivity contribution in [3.05, 3.63) is 22.7 Å². The molecular weight excluding hydrogens is 328 g/mol. The molecule has 2 aliphatic rings. The molecule has 1 aromatic carbocycles. The van der Waals surface area contributed by atoms with E-state index in [1.807, 2.05) is 0 Å². The molecule has 4 heteroatoms. The summed E-state index contributed by atoms with van der Waals surface area (Å²) < 4.78 is 6.38. The number of hydrogen-bond donors (Lipinski definition) is 1. The standard InChI is InChI=1S/C17H25BrN2O/c1-13-11-19-17(8-4-3-5-9-17)12-20(13)14-6-7-16(21-2)15(18)10-14/h6-7,10,13,19H,3-5,8-9,11-12H2,1-2H3. The smallest absolute Gasteiger partial charge is 0.133 e. The van der Waals surface area contributed by atoms with Crippen LogP contribution in [0, 0.1) is 0 Å². The number of halogens is 1. The summed E-state index contributed by atoms with van der Waals surface area (Å²) in [7, 11) is 1.71. The van der Waals surface area contributed by atoms with Crippen LogP contribution in [0.3, 0.4) is 0 Å². The lowest BCUT2D eigenvalue weighted by Gasteiger charge is -2.50. The number of rotatable bonds is 2. The highest BCUT2D eigenvalue weighted by atomic mass is 79.9. The average Bonchev–Trinajstić information content (AvgIpc) is 2.51. The van der Waals surface area contributed by atoms with E-state index < -0.39 is 0 Å². The topological polar surface area (TPSA) is 24.5 Å². The van der Waals surface area contributed by atoms with Crippen molar-refractivity contribution in [3.63, 3.8) is 0 Å². The monoisotopic (exact) mass is 352 g/mol. The van der Waals surface area contributed by atoms with Crippen molar-refractivity contribution >= 4 is 21.6 Å². The normalized spacial score (nSPS) is 25.1. The summed E-state index contributed by atoms with van der Waals surface area (Å²) >= 11 is 3.61. The molecule has 3 nitrogen and oxygen atoms in total. The number of piperazine rings is 1. The molecular formula is C17H25BrN2O. The van der Waals surface area contributed by atoms with Crippen LogP contribution in [0.1, 0.15) is 39.0 Å². The quantitative estimate of drug-likeness (QED) is 0.871. The van der Waals surface area contributed by atoms with Gasteiger partial charge in [0.2, 0.25) is 0 Å². The van der Waals surface area contributed by atoms with Gasteiger partial charge in [0.25, 0.3) is 0 Å². The molecule has 1 aliphatic heterocycles. The number of benzene rings is 1. The van der Waals surface area contributed by atoms with Crippen LogP contribution in [0.5, 0.6) is 5.75 Å². The Balaban J connectivity index is 1.83. The van der Waals surface area contributed by atoms with Crippen molar-refractivity contribution in [1.82, 2.24) is 5.32 Å². The molecule has 0 aromatic heterocycles. The van der Waals surface area contributed by atoms with Crippen LogP contribution < -0.4 is 15.0 Å². The Morgan fingerprint density at radius 3 is 2.71 bits per heavy atom. The summed E-state index contributed by atoms with van der Waals surface area (Å²) in [5.74, 6) is 0.897. The largest absolute Gasteiger partial charge is 0.496 e. The maximum Gasteiger partial charge on any atom is 0.133 e. The summed E-state index contributed by atoms with van der Waals surface area (Å²) in [5, 5.41) is 3.84. The molecule has 0 amide bonds. The fourth-order valence-electron chi connectivity index (χ4n) is 3.76. The predicted molar refractivity (Wildman–Crippen MR) is 91.3 cm³/mol. The minimum atomic E-state index is 0.331. The van der Waals surface area contributed by atoms with Crippen molar-refractivity contribution in [2.75, 3.05) is 25.1 Å². The number of methoxy groups -OCH3 is 1. The van der Waals surface area contributed by atoms with Crippen molar-refractivity contribution in [3.8, 4) is 5.75 Å². The molecule has 116 valence electrons. The van der Waals surface area contributed by atoms with E-state index in [-0.39, 0.29) is 0 Å². The van der Waals surface area contributed by atoms with Gasteiger partial charge in [0.05, 0.1) is 11.6 Å². The average molecular weight is 353 g/mol. The van der Waals surface area contributed by atoms with Crippen LogP contribution >= 0.6 is 15.9 Å². The van der Waals surface area contributed by atoms with E-state index in [2.05, 4.69) is 51.3 Å². The molecule has 1 aromatic rings.